The first kappa shape index (κ1) is 24.6. The molecule has 0 spiro atoms. The Labute approximate surface area is 194 Å². The van der Waals surface area contributed by atoms with Crippen LogP contribution in [0, 0.1) is 5.92 Å². The highest BCUT2D eigenvalue weighted by molar-refractivity contribution is 6.31. The number of rotatable bonds is 7. The summed E-state index contributed by atoms with van der Waals surface area (Å²) in [5.41, 5.74) is -0.509. The second-order valence-corrected chi connectivity index (χ2v) is 9.04. The Morgan fingerprint density at radius 2 is 1.91 bits per heavy atom. The van der Waals surface area contributed by atoms with E-state index in [1.807, 2.05) is 13.8 Å². The number of hydrogen-bond acceptors (Lipinski definition) is 3. The van der Waals surface area contributed by atoms with Gasteiger partial charge in [-0.3, -0.25) is 4.98 Å². The van der Waals surface area contributed by atoms with Crippen molar-refractivity contribution in [3.8, 4) is 16.9 Å². The second-order valence-electron chi connectivity index (χ2n) is 8.61. The van der Waals surface area contributed by atoms with Crippen LogP contribution in [0.4, 0.5) is 18.0 Å². The summed E-state index contributed by atoms with van der Waals surface area (Å²) in [7, 11) is 0. The van der Waals surface area contributed by atoms with Crippen molar-refractivity contribution in [2.45, 2.75) is 38.9 Å². The van der Waals surface area contributed by atoms with E-state index in [4.69, 9.17) is 21.4 Å². The largest absolute Gasteiger partial charge is 0.491 e. The van der Waals surface area contributed by atoms with E-state index < -0.39 is 23.4 Å². The van der Waals surface area contributed by atoms with E-state index in [1.54, 1.807) is 37.3 Å². The predicted molar refractivity (Wildman–Crippen MR) is 122 cm³/mol. The van der Waals surface area contributed by atoms with Crippen molar-refractivity contribution in [1.29, 1.82) is 0 Å². The van der Waals surface area contributed by atoms with Gasteiger partial charge in [0.25, 0.3) is 0 Å². The van der Waals surface area contributed by atoms with E-state index in [2.05, 4.69) is 10.3 Å². The fourth-order valence-corrected chi connectivity index (χ4v) is 4.13. The van der Waals surface area contributed by atoms with Gasteiger partial charge in [-0.15, -0.1) is 0 Å². The number of hydrogen-bond donors (Lipinski definition) is 2. The number of halogens is 4. The minimum Gasteiger partial charge on any atom is -0.491 e. The Morgan fingerprint density at radius 3 is 2.55 bits per heavy atom. The summed E-state index contributed by atoms with van der Waals surface area (Å²) in [6.07, 6.45) is -4.03. The number of amides is 1. The van der Waals surface area contributed by atoms with Crippen molar-refractivity contribution < 1.29 is 27.8 Å². The van der Waals surface area contributed by atoms with Crippen molar-refractivity contribution in [1.82, 2.24) is 10.3 Å². The fraction of sp³-hybridized carbons (Fsp3) is 0.333. The summed E-state index contributed by atoms with van der Waals surface area (Å²) in [6.45, 7) is 5.14. The molecule has 0 saturated heterocycles. The van der Waals surface area contributed by atoms with Gasteiger partial charge in [-0.25, -0.2) is 4.79 Å². The topological polar surface area (TPSA) is 71.5 Å². The number of carboxylic acid groups (broad SMARTS) is 1. The molecule has 1 aromatic heterocycles. The zero-order valence-corrected chi connectivity index (χ0v) is 19.1. The zero-order chi connectivity index (χ0) is 24.4. The molecule has 2 N–H and O–H groups in total. The van der Waals surface area contributed by atoms with Crippen LogP contribution in [0.5, 0.6) is 5.75 Å². The molecule has 33 heavy (non-hydrogen) atoms. The average Bonchev–Trinajstić information content (AvgIpc) is 2.69. The maximum absolute atomic E-state index is 13.9. The van der Waals surface area contributed by atoms with Gasteiger partial charge in [-0.05, 0) is 60.7 Å². The van der Waals surface area contributed by atoms with Crippen molar-refractivity contribution in [2.24, 2.45) is 5.92 Å². The van der Waals surface area contributed by atoms with E-state index in [0.29, 0.717) is 33.5 Å². The molecule has 3 aromatic rings. The van der Waals surface area contributed by atoms with Crippen molar-refractivity contribution >= 4 is 28.6 Å². The lowest BCUT2D eigenvalue weighted by Gasteiger charge is -2.31. The summed E-state index contributed by atoms with van der Waals surface area (Å²) in [5, 5.41) is 12.7. The van der Waals surface area contributed by atoms with E-state index in [0.717, 1.165) is 6.07 Å². The van der Waals surface area contributed by atoms with Crippen molar-refractivity contribution in [3.63, 3.8) is 0 Å². The van der Waals surface area contributed by atoms with Crippen LogP contribution in [0.15, 0.2) is 48.7 Å². The SMILES string of the molecule is CC(C)CC(C)(COc1ccc(-c2ccnc3cc(Cl)ccc23)cc1C(F)(F)F)NC(=O)O. The Balaban J connectivity index is 2.00. The van der Waals surface area contributed by atoms with Gasteiger partial charge in [0.05, 0.1) is 16.6 Å². The van der Waals surface area contributed by atoms with Crippen LogP contribution < -0.4 is 10.1 Å². The summed E-state index contributed by atoms with van der Waals surface area (Å²) in [4.78, 5) is 15.4. The molecule has 2 aromatic carbocycles. The molecule has 5 nitrogen and oxygen atoms in total. The molecule has 1 amide bonds. The molecule has 176 valence electrons. The Morgan fingerprint density at radius 1 is 1.18 bits per heavy atom. The third-order valence-electron chi connectivity index (χ3n) is 5.11. The summed E-state index contributed by atoms with van der Waals surface area (Å²) in [6, 6.07) is 10.5. The molecule has 0 aliphatic carbocycles. The van der Waals surface area contributed by atoms with Gasteiger partial charge in [0.15, 0.2) is 0 Å². The van der Waals surface area contributed by atoms with Crippen LogP contribution in [0.2, 0.25) is 5.02 Å². The second kappa shape index (κ2) is 9.47. The highest BCUT2D eigenvalue weighted by Crippen LogP contribution is 2.40. The van der Waals surface area contributed by atoms with Gasteiger partial charge in [-0.1, -0.05) is 37.6 Å². The lowest BCUT2D eigenvalue weighted by molar-refractivity contribution is -0.139. The summed E-state index contributed by atoms with van der Waals surface area (Å²) >= 11 is 6.01. The van der Waals surface area contributed by atoms with Gasteiger partial charge in [0.1, 0.15) is 12.4 Å². The maximum atomic E-state index is 13.9. The van der Waals surface area contributed by atoms with Gasteiger partial charge >= 0.3 is 12.3 Å². The molecule has 0 aliphatic heterocycles. The lowest BCUT2D eigenvalue weighted by Crippen LogP contribution is -2.50. The number of alkyl halides is 3. The molecular weight excluding hydrogens is 457 g/mol. The average molecular weight is 481 g/mol. The van der Waals surface area contributed by atoms with Crippen LogP contribution in [-0.2, 0) is 6.18 Å². The first-order valence-corrected chi connectivity index (χ1v) is 10.7. The molecule has 1 atom stereocenters. The van der Waals surface area contributed by atoms with E-state index in [-0.39, 0.29) is 18.3 Å². The monoisotopic (exact) mass is 480 g/mol. The quantitative estimate of drug-likeness (QED) is 0.381. The molecule has 0 fully saturated rings. The van der Waals surface area contributed by atoms with Gasteiger partial charge in [0, 0.05) is 16.6 Å². The number of pyridine rings is 1. The fourth-order valence-electron chi connectivity index (χ4n) is 3.96. The van der Waals surface area contributed by atoms with Crippen LogP contribution in [0.25, 0.3) is 22.0 Å². The molecule has 0 radical (unpaired) electrons. The molecule has 0 aliphatic rings. The van der Waals surface area contributed by atoms with E-state index >= 15 is 0 Å². The molecule has 0 bridgehead atoms. The Kier molecular flexibility index (Phi) is 7.07. The Bertz CT molecular complexity index is 1170. The van der Waals surface area contributed by atoms with E-state index in [1.165, 1.54) is 12.3 Å². The van der Waals surface area contributed by atoms with E-state index in [9.17, 15) is 18.0 Å². The van der Waals surface area contributed by atoms with Crippen LogP contribution in [-0.4, -0.2) is 28.3 Å². The first-order valence-electron chi connectivity index (χ1n) is 10.3. The van der Waals surface area contributed by atoms with Crippen LogP contribution in [0.1, 0.15) is 32.8 Å². The predicted octanol–water partition coefficient (Wildman–Crippen LogP) is 7.03. The van der Waals surface area contributed by atoms with Gasteiger partial charge < -0.3 is 15.2 Å². The smallest absolute Gasteiger partial charge is 0.419 e. The number of carbonyl (C=O) groups is 1. The number of nitrogens with zero attached hydrogens (tertiary/aromatic N) is 1. The number of fused-ring (bicyclic) bond motifs is 1. The number of aromatic nitrogens is 1. The van der Waals surface area contributed by atoms with Crippen molar-refractivity contribution in [2.75, 3.05) is 6.61 Å². The van der Waals surface area contributed by atoms with Crippen LogP contribution in [0.3, 0.4) is 0 Å². The number of nitrogens with one attached hydrogen (secondary N) is 1. The maximum Gasteiger partial charge on any atom is 0.419 e. The molecule has 0 saturated carbocycles. The number of benzene rings is 2. The molecule has 1 heterocycles. The lowest BCUT2D eigenvalue weighted by atomic mass is 9.91. The summed E-state index contributed by atoms with van der Waals surface area (Å²) in [5.74, 6) is -0.266. The van der Waals surface area contributed by atoms with Crippen LogP contribution >= 0.6 is 11.6 Å². The molecular formula is C24H24ClF3N2O3. The number of ether oxygens (including phenoxy) is 1. The minimum absolute atomic E-state index is 0.100. The third-order valence-corrected chi connectivity index (χ3v) is 5.35. The summed E-state index contributed by atoms with van der Waals surface area (Å²) < 4.78 is 47.3. The van der Waals surface area contributed by atoms with Gasteiger partial charge in [0.2, 0.25) is 0 Å². The Hall–Kier alpha value is -3.00. The molecule has 9 heteroatoms. The first-order chi connectivity index (χ1) is 15.4. The highest BCUT2D eigenvalue weighted by atomic mass is 35.5. The third kappa shape index (κ3) is 6.07. The minimum atomic E-state index is -4.67. The molecule has 1 unspecified atom stereocenters. The standard InChI is InChI=1S/C24H24ClF3N2O3/c1-14(2)12-23(3,30-22(31)32)13-33-21-7-4-15(10-19(21)24(26,27)28)17-8-9-29-20-11-16(25)5-6-18(17)20/h4-11,14,30H,12-13H2,1-3H3,(H,31,32). The zero-order valence-electron chi connectivity index (χ0n) is 18.3. The van der Waals surface area contributed by atoms with Gasteiger partial charge in [-0.2, -0.15) is 13.2 Å². The van der Waals surface area contributed by atoms with Crippen molar-refractivity contribution in [3.05, 3.63) is 59.2 Å². The molecule has 3 rings (SSSR count). The normalized spacial score (nSPS) is 13.7. The highest BCUT2D eigenvalue weighted by Gasteiger charge is 2.36.